The zero-order chi connectivity index (χ0) is 42.6. The van der Waals surface area contributed by atoms with Crippen molar-refractivity contribution in [3.8, 4) is 27.9 Å². The van der Waals surface area contributed by atoms with E-state index in [4.69, 9.17) is 4.42 Å². The van der Waals surface area contributed by atoms with Crippen molar-refractivity contribution < 1.29 is 4.42 Å². The van der Waals surface area contributed by atoms with E-state index in [-0.39, 0.29) is 5.92 Å². The molecule has 3 heteroatoms. The van der Waals surface area contributed by atoms with E-state index in [0.29, 0.717) is 5.92 Å². The highest BCUT2D eigenvalue weighted by Crippen LogP contribution is 2.49. The number of aromatic nitrogens is 1. The Bertz CT molecular complexity index is 3530. The minimum Gasteiger partial charge on any atom is -0.455 e. The first kappa shape index (κ1) is 37.6. The normalized spacial score (nSPS) is 15.0. The van der Waals surface area contributed by atoms with Gasteiger partial charge in [-0.15, -0.1) is 0 Å². The van der Waals surface area contributed by atoms with E-state index < -0.39 is 0 Å². The van der Waals surface area contributed by atoms with Crippen LogP contribution in [0.1, 0.15) is 24.0 Å². The van der Waals surface area contributed by atoms with Gasteiger partial charge in [-0.05, 0) is 71.1 Å². The monoisotopic (exact) mass is 820 g/mol. The van der Waals surface area contributed by atoms with Gasteiger partial charge in [-0.3, -0.25) is 0 Å². The summed E-state index contributed by atoms with van der Waals surface area (Å²) in [5.41, 5.74) is 16.7. The zero-order valence-electron chi connectivity index (χ0n) is 35.5. The van der Waals surface area contributed by atoms with Crippen LogP contribution in [0.3, 0.4) is 0 Å². The molecule has 2 heterocycles. The predicted octanol–water partition coefficient (Wildman–Crippen LogP) is 16.9. The number of furan rings is 1. The topological polar surface area (TPSA) is 21.3 Å². The second-order valence-electron chi connectivity index (χ2n) is 16.8. The Balaban J connectivity index is 1.08. The van der Waals surface area contributed by atoms with Gasteiger partial charge in [0.2, 0.25) is 0 Å². The lowest BCUT2D eigenvalue weighted by atomic mass is 9.76. The highest BCUT2D eigenvalue weighted by molar-refractivity contribution is 6.12. The van der Waals surface area contributed by atoms with Crippen LogP contribution >= 0.6 is 0 Å². The molecule has 0 aliphatic heterocycles. The Morgan fingerprint density at radius 1 is 0.453 bits per heavy atom. The van der Waals surface area contributed by atoms with Crippen LogP contribution in [-0.4, -0.2) is 4.57 Å². The second kappa shape index (κ2) is 15.6. The van der Waals surface area contributed by atoms with Gasteiger partial charge in [0.25, 0.3) is 0 Å². The fourth-order valence-electron chi connectivity index (χ4n) is 10.3. The molecule has 2 aromatic heterocycles. The molecule has 0 saturated heterocycles. The molecule has 2 atom stereocenters. The van der Waals surface area contributed by atoms with Gasteiger partial charge < -0.3 is 13.9 Å². The summed E-state index contributed by atoms with van der Waals surface area (Å²) in [6.45, 7) is 2.32. The zero-order valence-corrected chi connectivity index (χ0v) is 35.5. The SMILES string of the molecule is CC1C=CC=C(c2ccc(N(c3ccccc3-c3ccccc3-n3c4ccccc4c4ccccc43)c3ccccc3-c3cccc4c3oc3ccccc34)cc2)C1c1ccccc1. The molecule has 304 valence electrons. The van der Waals surface area contributed by atoms with Crippen LogP contribution in [0.2, 0.25) is 0 Å². The number of hydrogen-bond acceptors (Lipinski definition) is 2. The molecule has 0 fully saturated rings. The summed E-state index contributed by atoms with van der Waals surface area (Å²) in [6.07, 6.45) is 6.85. The standard InChI is InChI=1S/C61H44N2O/c1-41-19-17-28-45(60(41)43-20-3-2-4-21-43)42-37-39-44(40-38-42)62(55-32-12-9-26-50(55)52-29-18-30-53-51-27-10-16-36-59(51)64-61(52)53)54-31-11-5-22-46(54)47-23-6-13-33-56(47)63-57-34-14-7-24-48(57)49-25-8-15-35-58(49)63/h2-41,60H,1H3. The molecule has 2 unspecified atom stereocenters. The summed E-state index contributed by atoms with van der Waals surface area (Å²) < 4.78 is 9.14. The highest BCUT2D eigenvalue weighted by Gasteiger charge is 2.27. The summed E-state index contributed by atoms with van der Waals surface area (Å²) in [5.74, 6) is 0.629. The van der Waals surface area contributed by atoms with Crippen LogP contribution in [0.25, 0.3) is 77.3 Å². The van der Waals surface area contributed by atoms with Crippen molar-refractivity contribution in [2.75, 3.05) is 4.90 Å². The van der Waals surface area contributed by atoms with E-state index in [9.17, 15) is 0 Å². The number of hydrogen-bond donors (Lipinski definition) is 0. The molecule has 1 aliphatic rings. The van der Waals surface area contributed by atoms with Crippen LogP contribution in [0.5, 0.6) is 0 Å². The first-order valence-corrected chi connectivity index (χ1v) is 22.2. The molecule has 0 radical (unpaired) electrons. The van der Waals surface area contributed by atoms with Crippen molar-refractivity contribution in [1.82, 2.24) is 4.57 Å². The average Bonchev–Trinajstić information content (AvgIpc) is 3.91. The summed E-state index contributed by atoms with van der Waals surface area (Å²) in [5, 5.41) is 4.70. The maximum absolute atomic E-state index is 6.71. The smallest absolute Gasteiger partial charge is 0.143 e. The van der Waals surface area contributed by atoms with Crippen LogP contribution in [0, 0.1) is 5.92 Å². The van der Waals surface area contributed by atoms with Gasteiger partial charge in [0.05, 0.1) is 28.1 Å². The van der Waals surface area contributed by atoms with Crippen LogP contribution in [-0.2, 0) is 0 Å². The summed E-state index contributed by atoms with van der Waals surface area (Å²) in [6, 6.07) is 79.0. The minimum atomic E-state index is 0.260. The van der Waals surface area contributed by atoms with Crippen LogP contribution in [0.15, 0.2) is 241 Å². The van der Waals surface area contributed by atoms with E-state index in [2.05, 4.69) is 247 Å². The maximum atomic E-state index is 6.71. The Labute approximate surface area is 373 Å². The van der Waals surface area contributed by atoms with Crippen molar-refractivity contribution >= 4 is 66.4 Å². The largest absolute Gasteiger partial charge is 0.455 e. The molecule has 12 rings (SSSR count). The van der Waals surface area contributed by atoms with Gasteiger partial charge in [0.15, 0.2) is 0 Å². The van der Waals surface area contributed by atoms with Crippen molar-refractivity contribution in [3.05, 3.63) is 248 Å². The quantitative estimate of drug-likeness (QED) is 0.152. The van der Waals surface area contributed by atoms with Gasteiger partial charge in [0.1, 0.15) is 11.2 Å². The number of rotatable bonds is 8. The highest BCUT2D eigenvalue weighted by atomic mass is 16.3. The molecule has 9 aromatic carbocycles. The van der Waals surface area contributed by atoms with Crippen molar-refractivity contribution in [2.24, 2.45) is 5.92 Å². The molecule has 64 heavy (non-hydrogen) atoms. The molecule has 3 nitrogen and oxygen atoms in total. The number of nitrogens with zero attached hydrogens (tertiary/aromatic N) is 2. The number of fused-ring (bicyclic) bond motifs is 6. The predicted molar refractivity (Wildman–Crippen MR) is 269 cm³/mol. The Morgan fingerprint density at radius 3 is 1.72 bits per heavy atom. The molecular weight excluding hydrogens is 777 g/mol. The lowest BCUT2D eigenvalue weighted by Crippen LogP contribution is -2.14. The van der Waals surface area contributed by atoms with Crippen molar-refractivity contribution in [1.29, 1.82) is 0 Å². The second-order valence-corrected chi connectivity index (χ2v) is 16.8. The van der Waals surface area contributed by atoms with Crippen LogP contribution in [0.4, 0.5) is 17.1 Å². The fraction of sp³-hybridized carbons (Fsp3) is 0.0492. The maximum Gasteiger partial charge on any atom is 0.143 e. The Morgan fingerprint density at radius 2 is 1.00 bits per heavy atom. The van der Waals surface area contributed by atoms with E-state index >= 15 is 0 Å². The molecular formula is C61H44N2O. The lowest BCUT2D eigenvalue weighted by molar-refractivity contribution is 0.649. The van der Waals surface area contributed by atoms with Crippen molar-refractivity contribution in [3.63, 3.8) is 0 Å². The summed E-state index contributed by atoms with van der Waals surface area (Å²) in [4.78, 5) is 2.45. The molecule has 0 bridgehead atoms. The molecule has 1 aliphatic carbocycles. The van der Waals surface area contributed by atoms with E-state index in [1.807, 2.05) is 6.07 Å². The van der Waals surface area contributed by atoms with E-state index in [0.717, 1.165) is 66.9 Å². The number of benzene rings is 9. The number of para-hydroxylation sites is 7. The number of allylic oxidation sites excluding steroid dienone is 4. The molecule has 0 N–H and O–H groups in total. The van der Waals surface area contributed by atoms with Gasteiger partial charge in [0, 0.05) is 55.4 Å². The van der Waals surface area contributed by atoms with E-state index in [1.165, 1.54) is 38.5 Å². The van der Waals surface area contributed by atoms with Gasteiger partial charge in [-0.1, -0.05) is 195 Å². The number of anilines is 3. The Kier molecular flexibility index (Phi) is 9.19. The van der Waals surface area contributed by atoms with Crippen LogP contribution < -0.4 is 4.90 Å². The summed E-state index contributed by atoms with van der Waals surface area (Å²) in [7, 11) is 0. The molecule has 0 spiro atoms. The summed E-state index contributed by atoms with van der Waals surface area (Å²) >= 11 is 0. The average molecular weight is 821 g/mol. The van der Waals surface area contributed by atoms with Gasteiger partial charge >= 0.3 is 0 Å². The van der Waals surface area contributed by atoms with Gasteiger partial charge in [-0.2, -0.15) is 0 Å². The molecule has 11 aromatic rings. The Hall–Kier alpha value is -8.14. The first-order valence-electron chi connectivity index (χ1n) is 22.2. The lowest BCUT2D eigenvalue weighted by Gasteiger charge is -2.31. The fourth-order valence-corrected chi connectivity index (χ4v) is 10.3. The van der Waals surface area contributed by atoms with Crippen molar-refractivity contribution in [2.45, 2.75) is 12.8 Å². The molecule has 0 saturated carbocycles. The third-order valence-electron chi connectivity index (χ3n) is 13.2. The third-order valence-corrected chi connectivity index (χ3v) is 13.2. The third kappa shape index (κ3) is 6.20. The minimum absolute atomic E-state index is 0.260. The molecule has 0 amide bonds. The van der Waals surface area contributed by atoms with Gasteiger partial charge in [-0.25, -0.2) is 0 Å². The first-order chi connectivity index (χ1) is 31.7. The van der Waals surface area contributed by atoms with E-state index in [1.54, 1.807) is 0 Å².